The standard InChI is InChI=1S/C22H32N4O3S2/c1-2-26-20-11-10-18(31(28,29)25-14-8-5-9-15-25)16-19(20)23-22(26)30-17-21(27)24-12-6-3-4-7-13-24/h10-11,16H,2-9,12-15,17H2,1H3. The van der Waals surface area contributed by atoms with Gasteiger partial charge in [-0.1, -0.05) is 31.0 Å². The highest BCUT2D eigenvalue weighted by Crippen LogP contribution is 2.28. The van der Waals surface area contributed by atoms with E-state index in [4.69, 9.17) is 4.98 Å². The first-order valence-electron chi connectivity index (χ1n) is 11.4. The van der Waals surface area contributed by atoms with Crippen molar-refractivity contribution in [2.45, 2.75) is 68.5 Å². The second kappa shape index (κ2) is 9.92. The molecule has 0 unspecified atom stereocenters. The van der Waals surface area contributed by atoms with Crippen molar-refractivity contribution in [3.63, 3.8) is 0 Å². The average molecular weight is 465 g/mol. The van der Waals surface area contributed by atoms with Crippen LogP contribution in [0.1, 0.15) is 51.9 Å². The van der Waals surface area contributed by atoms with Crippen LogP contribution < -0.4 is 0 Å². The van der Waals surface area contributed by atoms with Gasteiger partial charge in [0.2, 0.25) is 15.9 Å². The van der Waals surface area contributed by atoms with Gasteiger partial charge in [0.25, 0.3) is 0 Å². The molecule has 7 nitrogen and oxygen atoms in total. The number of aryl methyl sites for hydroxylation is 1. The minimum Gasteiger partial charge on any atom is -0.342 e. The summed E-state index contributed by atoms with van der Waals surface area (Å²) in [6.07, 6.45) is 7.48. The van der Waals surface area contributed by atoms with Gasteiger partial charge in [-0.05, 0) is 50.8 Å². The Morgan fingerprint density at radius 3 is 2.32 bits per heavy atom. The number of fused-ring (bicyclic) bond motifs is 1. The highest BCUT2D eigenvalue weighted by molar-refractivity contribution is 7.99. The van der Waals surface area contributed by atoms with E-state index in [1.165, 1.54) is 24.6 Å². The Morgan fingerprint density at radius 1 is 1.00 bits per heavy atom. The van der Waals surface area contributed by atoms with E-state index in [1.54, 1.807) is 16.4 Å². The first kappa shape index (κ1) is 22.6. The summed E-state index contributed by atoms with van der Waals surface area (Å²) in [7, 11) is -3.49. The molecule has 2 aliphatic rings. The quantitative estimate of drug-likeness (QED) is 0.609. The fourth-order valence-electron chi connectivity index (χ4n) is 4.46. The molecule has 0 atom stereocenters. The monoisotopic (exact) mass is 464 g/mol. The zero-order valence-electron chi connectivity index (χ0n) is 18.3. The molecule has 2 fully saturated rings. The molecule has 2 saturated heterocycles. The van der Waals surface area contributed by atoms with E-state index in [1.807, 2.05) is 17.9 Å². The van der Waals surface area contributed by atoms with Gasteiger partial charge in [-0.2, -0.15) is 4.31 Å². The molecule has 3 heterocycles. The van der Waals surface area contributed by atoms with Crippen LogP contribution in [0.4, 0.5) is 0 Å². The number of benzene rings is 1. The number of rotatable bonds is 6. The summed E-state index contributed by atoms with van der Waals surface area (Å²) in [4.78, 5) is 19.7. The lowest BCUT2D eigenvalue weighted by Gasteiger charge is -2.25. The Kier molecular flexibility index (Phi) is 7.23. The average Bonchev–Trinajstić information content (AvgIpc) is 2.94. The van der Waals surface area contributed by atoms with Crippen LogP contribution in [0.2, 0.25) is 0 Å². The van der Waals surface area contributed by atoms with Crippen molar-refractivity contribution in [1.29, 1.82) is 0 Å². The van der Waals surface area contributed by atoms with Gasteiger partial charge < -0.3 is 9.47 Å². The predicted octanol–water partition coefficient (Wildman–Crippen LogP) is 3.73. The maximum atomic E-state index is 13.0. The molecule has 2 aliphatic heterocycles. The highest BCUT2D eigenvalue weighted by atomic mass is 32.2. The van der Waals surface area contributed by atoms with E-state index in [2.05, 4.69) is 4.57 Å². The predicted molar refractivity (Wildman–Crippen MR) is 124 cm³/mol. The lowest BCUT2D eigenvalue weighted by atomic mass is 10.2. The number of sulfonamides is 1. The molecular formula is C22H32N4O3S2. The van der Waals surface area contributed by atoms with Crippen LogP contribution >= 0.6 is 11.8 Å². The third kappa shape index (κ3) is 4.93. The Morgan fingerprint density at radius 2 is 1.65 bits per heavy atom. The number of nitrogens with zero attached hydrogens (tertiary/aromatic N) is 4. The SMILES string of the molecule is CCn1c(SCC(=O)N2CCCCCC2)nc2cc(S(=O)(=O)N3CCCCC3)ccc21. The third-order valence-electron chi connectivity index (χ3n) is 6.24. The van der Waals surface area contributed by atoms with E-state index in [9.17, 15) is 13.2 Å². The van der Waals surface area contributed by atoms with E-state index < -0.39 is 10.0 Å². The van der Waals surface area contributed by atoms with Gasteiger partial charge >= 0.3 is 0 Å². The third-order valence-corrected chi connectivity index (χ3v) is 9.09. The van der Waals surface area contributed by atoms with E-state index in [0.717, 1.165) is 62.4 Å². The molecule has 0 bridgehead atoms. The van der Waals surface area contributed by atoms with Crippen LogP contribution in [0.25, 0.3) is 11.0 Å². The van der Waals surface area contributed by atoms with E-state index >= 15 is 0 Å². The zero-order valence-corrected chi connectivity index (χ0v) is 19.9. The van der Waals surface area contributed by atoms with Crippen LogP contribution in [-0.2, 0) is 21.4 Å². The normalized spacial score (nSPS) is 18.9. The number of piperidine rings is 1. The second-order valence-corrected chi connectivity index (χ2v) is 11.2. The minimum absolute atomic E-state index is 0.162. The van der Waals surface area contributed by atoms with Gasteiger partial charge in [0.05, 0.1) is 21.7 Å². The van der Waals surface area contributed by atoms with E-state index in [0.29, 0.717) is 29.3 Å². The summed E-state index contributed by atoms with van der Waals surface area (Å²) in [5.41, 5.74) is 1.58. The molecule has 0 N–H and O–H groups in total. The molecule has 1 aromatic carbocycles. The van der Waals surface area contributed by atoms with Crippen molar-refractivity contribution in [3.8, 4) is 0 Å². The van der Waals surface area contributed by atoms with Crippen molar-refractivity contribution in [1.82, 2.24) is 18.8 Å². The number of hydrogen-bond donors (Lipinski definition) is 0. The molecule has 0 spiro atoms. The fraction of sp³-hybridized carbons (Fsp3) is 0.636. The molecule has 1 amide bonds. The molecule has 9 heteroatoms. The molecule has 31 heavy (non-hydrogen) atoms. The first-order valence-corrected chi connectivity index (χ1v) is 13.8. The Hall–Kier alpha value is -1.58. The summed E-state index contributed by atoms with van der Waals surface area (Å²) >= 11 is 1.45. The van der Waals surface area contributed by atoms with Crippen LogP contribution in [0, 0.1) is 0 Å². The van der Waals surface area contributed by atoms with Crippen molar-refractivity contribution < 1.29 is 13.2 Å². The topological polar surface area (TPSA) is 75.5 Å². The Balaban J connectivity index is 1.53. The van der Waals surface area contributed by atoms with Crippen LogP contribution in [-0.4, -0.2) is 65.0 Å². The first-order chi connectivity index (χ1) is 15.0. The number of hydrogen-bond acceptors (Lipinski definition) is 5. The summed E-state index contributed by atoms with van der Waals surface area (Å²) in [6, 6.07) is 5.23. The van der Waals surface area contributed by atoms with Crippen molar-refractivity contribution >= 4 is 38.7 Å². The highest BCUT2D eigenvalue weighted by Gasteiger charge is 2.27. The lowest BCUT2D eigenvalue weighted by molar-refractivity contribution is -0.128. The molecule has 0 radical (unpaired) electrons. The minimum atomic E-state index is -3.49. The summed E-state index contributed by atoms with van der Waals surface area (Å²) in [5, 5.41) is 0.771. The number of thioether (sulfide) groups is 1. The van der Waals surface area contributed by atoms with Crippen LogP contribution in [0.5, 0.6) is 0 Å². The van der Waals surface area contributed by atoms with Gasteiger partial charge in [-0.15, -0.1) is 0 Å². The number of carbonyl (C=O) groups is 1. The van der Waals surface area contributed by atoms with Crippen molar-refractivity contribution in [3.05, 3.63) is 18.2 Å². The van der Waals surface area contributed by atoms with Crippen molar-refractivity contribution in [2.75, 3.05) is 31.9 Å². The molecule has 0 aliphatic carbocycles. The van der Waals surface area contributed by atoms with Gasteiger partial charge in [0.1, 0.15) is 0 Å². The Labute approximate surface area is 189 Å². The van der Waals surface area contributed by atoms with Gasteiger partial charge in [-0.3, -0.25) is 4.79 Å². The lowest BCUT2D eigenvalue weighted by Crippen LogP contribution is -2.35. The molecular weight excluding hydrogens is 432 g/mol. The van der Waals surface area contributed by atoms with Gasteiger partial charge in [0.15, 0.2) is 5.16 Å². The summed E-state index contributed by atoms with van der Waals surface area (Å²) in [5.74, 6) is 0.525. The van der Waals surface area contributed by atoms with E-state index in [-0.39, 0.29) is 5.91 Å². The summed E-state index contributed by atoms with van der Waals surface area (Å²) < 4.78 is 29.7. The van der Waals surface area contributed by atoms with Crippen LogP contribution in [0.15, 0.2) is 28.3 Å². The van der Waals surface area contributed by atoms with Gasteiger partial charge in [0, 0.05) is 32.7 Å². The Bertz CT molecular complexity index is 1020. The summed E-state index contributed by atoms with van der Waals surface area (Å²) in [6.45, 7) is 5.63. The largest absolute Gasteiger partial charge is 0.342 e. The smallest absolute Gasteiger partial charge is 0.243 e. The van der Waals surface area contributed by atoms with Crippen LogP contribution in [0.3, 0.4) is 0 Å². The molecule has 2 aromatic rings. The number of amides is 1. The second-order valence-electron chi connectivity index (χ2n) is 8.34. The fourth-order valence-corrected chi connectivity index (χ4v) is 6.97. The molecule has 0 saturated carbocycles. The molecule has 4 rings (SSSR count). The number of aromatic nitrogens is 2. The maximum absolute atomic E-state index is 13.0. The number of carbonyl (C=O) groups excluding carboxylic acids is 1. The zero-order chi connectivity index (χ0) is 21.8. The number of imidazole rings is 1. The van der Waals surface area contributed by atoms with Gasteiger partial charge in [-0.25, -0.2) is 13.4 Å². The molecule has 1 aromatic heterocycles. The number of likely N-dealkylation sites (tertiary alicyclic amines) is 1. The molecule has 170 valence electrons. The van der Waals surface area contributed by atoms with Crippen molar-refractivity contribution in [2.24, 2.45) is 0 Å². The maximum Gasteiger partial charge on any atom is 0.243 e.